The molecule has 3 aliphatic rings. The largest absolute Gasteiger partial charge is 0.497 e. The number of carboxylic acids is 1. The molecule has 7 heteroatoms. The molecule has 0 bridgehead atoms. The first kappa shape index (κ1) is 27.9. The Bertz CT molecular complexity index is 1140. The number of carbonyl (C=O) groups is 2. The fraction of sp³-hybridized carbons (Fsp3) is 0.562. The van der Waals surface area contributed by atoms with Crippen molar-refractivity contribution in [3.8, 4) is 11.5 Å². The molecule has 1 saturated carbocycles. The number of ketones is 1. The normalized spacial score (nSPS) is 19.5. The highest BCUT2D eigenvalue weighted by molar-refractivity contribution is 7.99. The minimum atomic E-state index is -0.737. The molecule has 1 aliphatic carbocycles. The van der Waals surface area contributed by atoms with Crippen LogP contribution >= 0.6 is 11.8 Å². The quantitative estimate of drug-likeness (QED) is 0.295. The Morgan fingerprint density at radius 3 is 2.44 bits per heavy atom. The number of methoxy groups -OCH3 is 1. The van der Waals surface area contributed by atoms with E-state index in [1.54, 1.807) is 7.11 Å². The fourth-order valence-electron chi connectivity index (χ4n) is 6.09. The number of thioether (sulfide) groups is 1. The molecule has 1 atom stereocenters. The summed E-state index contributed by atoms with van der Waals surface area (Å²) in [5, 5.41) is 9.36. The summed E-state index contributed by atoms with van der Waals surface area (Å²) in [6.45, 7) is 2.40. The van der Waals surface area contributed by atoms with Crippen molar-refractivity contribution >= 4 is 29.2 Å². The van der Waals surface area contributed by atoms with Gasteiger partial charge in [-0.2, -0.15) is 11.8 Å². The van der Waals surface area contributed by atoms with Gasteiger partial charge in [0.15, 0.2) is 5.78 Å². The van der Waals surface area contributed by atoms with Crippen LogP contribution in [0.4, 0.5) is 5.69 Å². The molecule has 0 spiro atoms. The topological polar surface area (TPSA) is 76.1 Å². The van der Waals surface area contributed by atoms with Crippen molar-refractivity contribution in [2.24, 2.45) is 17.8 Å². The molecule has 0 aromatic heterocycles. The van der Waals surface area contributed by atoms with Crippen LogP contribution in [0.1, 0.15) is 73.2 Å². The van der Waals surface area contributed by atoms with E-state index in [1.807, 2.05) is 54.2 Å². The summed E-state index contributed by atoms with van der Waals surface area (Å²) in [6.07, 6.45) is 7.30. The zero-order valence-corrected chi connectivity index (χ0v) is 23.8. The van der Waals surface area contributed by atoms with Crippen molar-refractivity contribution in [3.63, 3.8) is 0 Å². The van der Waals surface area contributed by atoms with Gasteiger partial charge in [0.2, 0.25) is 0 Å². The average molecular weight is 552 g/mol. The Morgan fingerprint density at radius 1 is 0.974 bits per heavy atom. The fourth-order valence-corrected chi connectivity index (χ4v) is 7.30. The molecule has 5 rings (SSSR count). The van der Waals surface area contributed by atoms with Crippen molar-refractivity contribution in [3.05, 3.63) is 53.6 Å². The molecule has 1 unspecified atom stereocenters. The van der Waals surface area contributed by atoms with Gasteiger partial charge in [-0.15, -0.1) is 0 Å². The molecular formula is C32H41NO5S. The third-order valence-electron chi connectivity index (χ3n) is 8.63. The maximum atomic E-state index is 13.4. The highest BCUT2D eigenvalue weighted by Gasteiger charge is 2.34. The van der Waals surface area contributed by atoms with Gasteiger partial charge in [-0.1, -0.05) is 12.1 Å². The Labute approximate surface area is 236 Å². The van der Waals surface area contributed by atoms with Gasteiger partial charge in [0.1, 0.15) is 11.5 Å². The Morgan fingerprint density at radius 2 is 1.74 bits per heavy atom. The second kappa shape index (κ2) is 13.1. The lowest BCUT2D eigenvalue weighted by Gasteiger charge is -2.35. The number of benzene rings is 2. The van der Waals surface area contributed by atoms with Gasteiger partial charge < -0.3 is 19.5 Å². The molecule has 0 radical (unpaired) electrons. The van der Waals surface area contributed by atoms with Crippen LogP contribution in [0, 0.1) is 17.8 Å². The number of piperidine rings is 1. The van der Waals surface area contributed by atoms with Crippen LogP contribution in [-0.4, -0.2) is 55.2 Å². The van der Waals surface area contributed by atoms with Crippen LogP contribution in [0.2, 0.25) is 0 Å². The van der Waals surface area contributed by atoms with Crippen molar-refractivity contribution in [1.82, 2.24) is 0 Å². The molecule has 2 aliphatic heterocycles. The highest BCUT2D eigenvalue weighted by atomic mass is 32.2. The minimum Gasteiger partial charge on any atom is -0.497 e. The molecular weight excluding hydrogens is 510 g/mol. The van der Waals surface area contributed by atoms with Gasteiger partial charge >= 0.3 is 5.97 Å². The van der Waals surface area contributed by atoms with Gasteiger partial charge in [-0.05, 0) is 104 Å². The molecule has 6 nitrogen and oxygen atoms in total. The summed E-state index contributed by atoms with van der Waals surface area (Å²) in [4.78, 5) is 27.1. The number of Topliss-reactive ketones (excluding diaryl/α,β-unsaturated/α-hetero) is 1. The second-order valence-corrected chi connectivity index (χ2v) is 12.6. The molecule has 210 valence electrons. The van der Waals surface area contributed by atoms with E-state index >= 15 is 0 Å². The summed E-state index contributed by atoms with van der Waals surface area (Å²) in [5.74, 6) is 4.95. The van der Waals surface area contributed by atoms with Crippen LogP contribution in [0.5, 0.6) is 11.5 Å². The number of hydrogen-bond acceptors (Lipinski definition) is 6. The third-order valence-corrected chi connectivity index (χ3v) is 9.68. The van der Waals surface area contributed by atoms with E-state index in [1.165, 1.54) is 0 Å². The molecule has 2 aromatic rings. The van der Waals surface area contributed by atoms with E-state index < -0.39 is 5.97 Å². The average Bonchev–Trinajstić information content (AvgIpc) is 3.81. The zero-order valence-electron chi connectivity index (χ0n) is 23.0. The van der Waals surface area contributed by atoms with Crippen molar-refractivity contribution < 1.29 is 24.2 Å². The predicted molar refractivity (Wildman–Crippen MR) is 157 cm³/mol. The number of carboxylic acid groups (broad SMARTS) is 1. The summed E-state index contributed by atoms with van der Waals surface area (Å²) in [7, 11) is 1.67. The third kappa shape index (κ3) is 7.50. The number of anilines is 1. The maximum Gasteiger partial charge on any atom is 0.303 e. The summed E-state index contributed by atoms with van der Waals surface area (Å²) in [6, 6.07) is 13.9. The molecule has 3 fully saturated rings. The van der Waals surface area contributed by atoms with E-state index in [2.05, 4.69) is 4.90 Å². The van der Waals surface area contributed by atoms with Crippen LogP contribution in [-0.2, 0) is 4.79 Å². The minimum absolute atomic E-state index is 0.0751. The number of hydrogen-bond donors (Lipinski definition) is 1. The molecule has 2 heterocycles. The molecule has 2 saturated heterocycles. The summed E-state index contributed by atoms with van der Waals surface area (Å²) < 4.78 is 11.7. The van der Waals surface area contributed by atoms with E-state index in [-0.39, 0.29) is 18.1 Å². The summed E-state index contributed by atoms with van der Waals surface area (Å²) >= 11 is 1.99. The van der Waals surface area contributed by atoms with Crippen molar-refractivity contribution in [1.29, 1.82) is 0 Å². The number of nitrogens with zero attached hydrogens (tertiary/aromatic N) is 1. The Hall–Kier alpha value is -2.67. The standard InChI is InChI=1S/C32H41NO5S/c1-37-26-7-8-28(31(34)17-22-11-15-39-16-12-22)30(19-26)33-13-9-23(10-14-33)21-38-27-4-2-3-25(18-27)29(20-32(35)36)24-5-6-24/h2-4,7-8,18-19,22-24,29H,5-6,9-17,20-21H2,1H3,(H,35,36). The zero-order chi connectivity index (χ0) is 27.2. The Kier molecular flexibility index (Phi) is 9.38. The molecule has 2 aromatic carbocycles. The second-order valence-electron chi connectivity index (χ2n) is 11.4. The smallest absolute Gasteiger partial charge is 0.303 e. The molecule has 39 heavy (non-hydrogen) atoms. The van der Waals surface area contributed by atoms with Crippen LogP contribution in [0.3, 0.4) is 0 Å². The van der Waals surface area contributed by atoms with Gasteiger partial charge in [-0.3, -0.25) is 9.59 Å². The van der Waals surface area contributed by atoms with Gasteiger partial charge in [-0.25, -0.2) is 0 Å². The first-order chi connectivity index (χ1) is 19.0. The number of carbonyl (C=O) groups excluding carboxylic acids is 1. The SMILES string of the molecule is COc1ccc(C(=O)CC2CCSCC2)c(N2CCC(COc3cccc(C(CC(=O)O)C4CC4)c3)CC2)c1. The lowest BCUT2D eigenvalue weighted by atomic mass is 9.91. The van der Waals surface area contributed by atoms with Crippen LogP contribution in [0.25, 0.3) is 0 Å². The van der Waals surface area contributed by atoms with E-state index in [0.717, 1.165) is 91.4 Å². The van der Waals surface area contributed by atoms with Crippen molar-refractivity contribution in [2.75, 3.05) is 43.2 Å². The highest BCUT2D eigenvalue weighted by Crippen LogP contribution is 2.45. The van der Waals surface area contributed by atoms with Gasteiger partial charge in [0, 0.05) is 31.1 Å². The lowest BCUT2D eigenvalue weighted by Crippen LogP contribution is -2.36. The van der Waals surface area contributed by atoms with Crippen LogP contribution in [0.15, 0.2) is 42.5 Å². The van der Waals surface area contributed by atoms with Crippen molar-refractivity contribution in [2.45, 2.75) is 57.3 Å². The van der Waals surface area contributed by atoms with Gasteiger partial charge in [0.25, 0.3) is 0 Å². The lowest BCUT2D eigenvalue weighted by molar-refractivity contribution is -0.137. The number of rotatable bonds is 12. The van der Waals surface area contributed by atoms with Crippen LogP contribution < -0.4 is 14.4 Å². The first-order valence-electron chi connectivity index (χ1n) is 14.5. The van der Waals surface area contributed by atoms with Gasteiger partial charge in [0.05, 0.1) is 25.8 Å². The molecule has 1 N–H and O–H groups in total. The van der Waals surface area contributed by atoms with E-state index in [4.69, 9.17) is 9.47 Å². The van der Waals surface area contributed by atoms with E-state index in [9.17, 15) is 14.7 Å². The molecule has 0 amide bonds. The predicted octanol–water partition coefficient (Wildman–Crippen LogP) is 6.67. The maximum absolute atomic E-state index is 13.4. The Balaban J connectivity index is 1.18. The number of aliphatic carboxylic acids is 1. The monoisotopic (exact) mass is 551 g/mol. The first-order valence-corrected chi connectivity index (χ1v) is 15.6. The number of ether oxygens (including phenoxy) is 2. The summed E-state index contributed by atoms with van der Waals surface area (Å²) in [5.41, 5.74) is 2.91. The van der Waals surface area contributed by atoms with E-state index in [0.29, 0.717) is 30.8 Å².